The molecule has 0 unspecified atom stereocenters. The molecular weight excluding hydrogens is 442 g/mol. The van der Waals surface area contributed by atoms with E-state index in [-0.39, 0.29) is 12.3 Å². The molecule has 1 aromatic heterocycles. The minimum Gasteiger partial charge on any atom is -0.494 e. The number of ether oxygens (including phenoxy) is 2. The molecule has 1 aliphatic carbocycles. The fraction of sp³-hybridized carbons (Fsp3) is 0.393. The van der Waals surface area contributed by atoms with E-state index in [4.69, 9.17) is 19.6 Å². The Balaban J connectivity index is 1.31. The molecule has 0 aliphatic heterocycles. The summed E-state index contributed by atoms with van der Waals surface area (Å²) in [6.07, 6.45) is 4.71. The van der Waals surface area contributed by atoms with E-state index in [1.54, 1.807) is 0 Å². The number of aliphatic carboxylic acids is 1. The summed E-state index contributed by atoms with van der Waals surface area (Å²) < 4.78 is 11.5. The number of hydrogen-bond acceptors (Lipinski definition) is 6. The van der Waals surface area contributed by atoms with E-state index in [2.05, 4.69) is 16.0 Å². The number of anilines is 1. The summed E-state index contributed by atoms with van der Waals surface area (Å²) in [6, 6.07) is 13.9. The number of benzene rings is 2. The van der Waals surface area contributed by atoms with Gasteiger partial charge in [-0.15, -0.1) is 0 Å². The van der Waals surface area contributed by atoms with Gasteiger partial charge in [-0.25, -0.2) is 9.97 Å². The van der Waals surface area contributed by atoms with E-state index >= 15 is 0 Å². The van der Waals surface area contributed by atoms with Crippen molar-refractivity contribution in [2.24, 2.45) is 0 Å². The van der Waals surface area contributed by atoms with Crippen LogP contribution in [0.25, 0.3) is 11.4 Å². The Kier molecular flexibility index (Phi) is 7.85. The van der Waals surface area contributed by atoms with E-state index in [1.165, 1.54) is 5.56 Å². The van der Waals surface area contributed by atoms with Gasteiger partial charge in [0, 0.05) is 30.9 Å². The van der Waals surface area contributed by atoms with Gasteiger partial charge in [-0.1, -0.05) is 6.07 Å². The number of rotatable bonds is 11. The normalized spacial score (nSPS) is 14.4. The van der Waals surface area contributed by atoms with Crippen LogP contribution in [0.15, 0.2) is 48.7 Å². The molecule has 0 radical (unpaired) electrons. The summed E-state index contributed by atoms with van der Waals surface area (Å²) in [5, 5.41) is 9.10. The predicted molar refractivity (Wildman–Crippen MR) is 137 cm³/mol. The van der Waals surface area contributed by atoms with Crippen molar-refractivity contribution in [1.29, 1.82) is 0 Å². The summed E-state index contributed by atoms with van der Waals surface area (Å²) in [4.78, 5) is 22.5. The molecule has 0 spiro atoms. The molecule has 1 atom stereocenters. The average Bonchev–Trinajstić information content (AvgIpc) is 3.24. The molecule has 0 bridgehead atoms. The van der Waals surface area contributed by atoms with Gasteiger partial charge < -0.3 is 19.5 Å². The number of aromatic nitrogens is 2. The van der Waals surface area contributed by atoms with Crippen molar-refractivity contribution in [3.05, 3.63) is 65.4 Å². The van der Waals surface area contributed by atoms with Gasteiger partial charge in [0.2, 0.25) is 0 Å². The fourth-order valence-corrected chi connectivity index (χ4v) is 4.62. The molecule has 0 saturated carbocycles. The minimum atomic E-state index is -0.738. The van der Waals surface area contributed by atoms with Crippen molar-refractivity contribution in [2.45, 2.75) is 45.4 Å². The Morgan fingerprint density at radius 1 is 1.14 bits per heavy atom. The van der Waals surface area contributed by atoms with Crippen LogP contribution in [0.1, 0.15) is 48.8 Å². The Morgan fingerprint density at radius 2 is 1.91 bits per heavy atom. The topological polar surface area (TPSA) is 84.8 Å². The van der Waals surface area contributed by atoms with Crippen LogP contribution in [0, 0.1) is 6.92 Å². The van der Waals surface area contributed by atoms with Gasteiger partial charge in [-0.2, -0.15) is 0 Å². The summed E-state index contributed by atoms with van der Waals surface area (Å²) in [7, 11) is 2.04. The number of nitrogens with zero attached hydrogens (tertiary/aromatic N) is 3. The van der Waals surface area contributed by atoms with Crippen LogP contribution in [0.5, 0.6) is 11.5 Å². The number of aryl methyl sites for hydroxylation is 2. The number of carbonyl (C=O) groups is 1. The molecule has 0 fully saturated rings. The lowest BCUT2D eigenvalue weighted by molar-refractivity contribution is -0.137. The van der Waals surface area contributed by atoms with Crippen LogP contribution in [-0.4, -0.2) is 47.8 Å². The van der Waals surface area contributed by atoms with Gasteiger partial charge >= 0.3 is 5.97 Å². The highest BCUT2D eigenvalue weighted by Gasteiger charge is 2.24. The zero-order valence-electron chi connectivity index (χ0n) is 20.7. The molecule has 7 heteroatoms. The van der Waals surface area contributed by atoms with Gasteiger partial charge in [-0.3, -0.25) is 4.79 Å². The van der Waals surface area contributed by atoms with Crippen LogP contribution in [-0.2, 0) is 11.2 Å². The minimum absolute atomic E-state index is 0.119. The summed E-state index contributed by atoms with van der Waals surface area (Å²) in [5.41, 5.74) is 4.35. The highest BCUT2D eigenvalue weighted by molar-refractivity contribution is 5.68. The van der Waals surface area contributed by atoms with Gasteiger partial charge in [0.1, 0.15) is 17.3 Å². The first-order valence-electron chi connectivity index (χ1n) is 12.2. The predicted octanol–water partition coefficient (Wildman–Crippen LogP) is 5.26. The summed E-state index contributed by atoms with van der Waals surface area (Å²) >= 11 is 0. The second-order valence-corrected chi connectivity index (χ2v) is 8.98. The van der Waals surface area contributed by atoms with E-state index in [9.17, 15) is 4.79 Å². The second-order valence-electron chi connectivity index (χ2n) is 8.98. The lowest BCUT2D eigenvalue weighted by Gasteiger charge is -2.21. The second kappa shape index (κ2) is 11.2. The van der Waals surface area contributed by atoms with E-state index < -0.39 is 5.97 Å². The zero-order valence-corrected chi connectivity index (χ0v) is 20.7. The Bertz CT molecular complexity index is 1160. The number of fused-ring (bicyclic) bond motifs is 1. The first-order chi connectivity index (χ1) is 16.9. The molecule has 2 aromatic carbocycles. The monoisotopic (exact) mass is 475 g/mol. The Hall–Kier alpha value is -3.61. The van der Waals surface area contributed by atoms with Crippen molar-refractivity contribution in [3.8, 4) is 22.9 Å². The lowest BCUT2D eigenvalue weighted by atomic mass is 9.98. The number of carboxylic acid groups (broad SMARTS) is 1. The van der Waals surface area contributed by atoms with E-state index in [0.717, 1.165) is 59.8 Å². The highest BCUT2D eigenvalue weighted by Crippen LogP contribution is 2.37. The van der Waals surface area contributed by atoms with Crippen molar-refractivity contribution >= 4 is 11.8 Å². The zero-order chi connectivity index (χ0) is 24.8. The van der Waals surface area contributed by atoms with Crippen molar-refractivity contribution in [2.75, 3.05) is 31.7 Å². The maximum atomic E-state index is 11.1. The Labute approximate surface area is 206 Å². The van der Waals surface area contributed by atoms with Gasteiger partial charge in [-0.05, 0) is 86.6 Å². The summed E-state index contributed by atoms with van der Waals surface area (Å²) in [6.45, 7) is 6.02. The third kappa shape index (κ3) is 6.10. The van der Waals surface area contributed by atoms with Crippen molar-refractivity contribution in [1.82, 2.24) is 9.97 Å². The van der Waals surface area contributed by atoms with Crippen LogP contribution < -0.4 is 14.4 Å². The summed E-state index contributed by atoms with van der Waals surface area (Å²) in [5.74, 6) is 2.66. The van der Waals surface area contributed by atoms with Crippen molar-refractivity contribution in [3.63, 3.8) is 0 Å². The van der Waals surface area contributed by atoms with Crippen LogP contribution in [0.2, 0.25) is 0 Å². The third-order valence-corrected chi connectivity index (χ3v) is 6.37. The smallest absolute Gasteiger partial charge is 0.303 e. The van der Waals surface area contributed by atoms with E-state index in [1.807, 2.05) is 63.5 Å². The number of carboxylic acids is 1. The standard InChI is InChI=1S/C28H33N3O4/c1-4-34-23-10-8-20(9-11-23)27-29-18-19(2)28(30-27)31(3)14-5-15-35-24-12-13-25-21(16-24)6-7-22(25)17-26(32)33/h8-13,16,18,22H,4-7,14-15,17H2,1-3H3,(H,32,33)/t22-/m0/s1. The first kappa shape index (κ1) is 24.5. The maximum absolute atomic E-state index is 11.1. The molecule has 35 heavy (non-hydrogen) atoms. The molecule has 4 rings (SSSR count). The van der Waals surface area contributed by atoms with Gasteiger partial charge in [0.05, 0.1) is 19.6 Å². The van der Waals surface area contributed by atoms with Crippen LogP contribution >= 0.6 is 0 Å². The molecule has 1 aliphatic rings. The molecular formula is C28H33N3O4. The molecule has 0 amide bonds. The molecule has 184 valence electrons. The average molecular weight is 476 g/mol. The molecule has 1 N–H and O–H groups in total. The van der Waals surface area contributed by atoms with Crippen molar-refractivity contribution < 1.29 is 19.4 Å². The van der Waals surface area contributed by atoms with E-state index in [0.29, 0.717) is 19.0 Å². The quantitative estimate of drug-likeness (QED) is 0.379. The van der Waals surface area contributed by atoms with Gasteiger partial charge in [0.15, 0.2) is 5.82 Å². The molecule has 0 saturated heterocycles. The largest absolute Gasteiger partial charge is 0.494 e. The van der Waals surface area contributed by atoms with Gasteiger partial charge in [0.25, 0.3) is 0 Å². The SMILES string of the molecule is CCOc1ccc(-c2ncc(C)c(N(C)CCCOc3ccc4c(c3)CC[C@H]4CC(=O)O)n2)cc1. The maximum Gasteiger partial charge on any atom is 0.303 e. The Morgan fingerprint density at radius 3 is 2.66 bits per heavy atom. The molecule has 7 nitrogen and oxygen atoms in total. The highest BCUT2D eigenvalue weighted by atomic mass is 16.5. The number of hydrogen-bond donors (Lipinski definition) is 1. The fourth-order valence-electron chi connectivity index (χ4n) is 4.62. The molecule has 3 aromatic rings. The lowest BCUT2D eigenvalue weighted by Crippen LogP contribution is -2.22. The van der Waals surface area contributed by atoms with Crippen LogP contribution in [0.4, 0.5) is 5.82 Å². The first-order valence-corrected chi connectivity index (χ1v) is 12.2. The van der Waals surface area contributed by atoms with Crippen LogP contribution in [0.3, 0.4) is 0 Å². The third-order valence-electron chi connectivity index (χ3n) is 6.37. The molecule has 1 heterocycles.